The van der Waals surface area contributed by atoms with Crippen LogP contribution in [0.15, 0.2) is 30.9 Å². The molecule has 0 aromatic heterocycles. The molecule has 3 amide bonds. The number of anilines is 1. The van der Waals surface area contributed by atoms with Crippen molar-refractivity contribution in [1.29, 1.82) is 0 Å². The van der Waals surface area contributed by atoms with Crippen LogP contribution >= 0.6 is 0 Å². The first-order chi connectivity index (χ1) is 12.1. The van der Waals surface area contributed by atoms with E-state index in [0.29, 0.717) is 12.2 Å². The van der Waals surface area contributed by atoms with Crippen molar-refractivity contribution in [3.8, 4) is 5.75 Å². The van der Waals surface area contributed by atoms with Gasteiger partial charge in [-0.25, -0.2) is 0 Å². The van der Waals surface area contributed by atoms with Gasteiger partial charge in [0.05, 0.1) is 11.1 Å². The maximum atomic E-state index is 12.9. The molecule has 2 rings (SSSR count). The summed E-state index contributed by atoms with van der Waals surface area (Å²) in [5.41, 5.74) is -0.125. The van der Waals surface area contributed by atoms with E-state index in [0.717, 1.165) is 6.08 Å². The van der Waals surface area contributed by atoms with Crippen LogP contribution in [-0.4, -0.2) is 57.3 Å². The number of amides is 3. The third-order valence-electron chi connectivity index (χ3n) is 4.31. The summed E-state index contributed by atoms with van der Waals surface area (Å²) >= 11 is 0. The van der Waals surface area contributed by atoms with Gasteiger partial charge in [0.15, 0.2) is 0 Å². The van der Waals surface area contributed by atoms with E-state index in [-0.39, 0.29) is 29.8 Å². The summed E-state index contributed by atoms with van der Waals surface area (Å²) in [5, 5.41) is 12.6. The summed E-state index contributed by atoms with van der Waals surface area (Å²) < 4.78 is 0. The highest BCUT2D eigenvalue weighted by Gasteiger charge is 2.41. The van der Waals surface area contributed by atoms with Crippen LogP contribution in [0.25, 0.3) is 0 Å². The largest absolute Gasteiger partial charge is 0.507 e. The minimum absolute atomic E-state index is 0.0283. The first kappa shape index (κ1) is 19.5. The molecule has 1 saturated heterocycles. The van der Waals surface area contributed by atoms with Crippen molar-refractivity contribution in [2.24, 2.45) is 0 Å². The predicted octanol–water partition coefficient (Wildman–Crippen LogP) is 1.99. The average Bonchev–Trinajstić information content (AvgIpc) is 2.53. The SMILES string of the molecule is C=CC(=O)Nc1ccc(O)c(C(=O)N2CC(=O)N(C(C)C)C(C)(C)C2)c1. The number of hydrogen-bond acceptors (Lipinski definition) is 4. The van der Waals surface area contributed by atoms with E-state index in [1.807, 2.05) is 27.7 Å². The highest BCUT2D eigenvalue weighted by molar-refractivity contribution is 6.03. The fourth-order valence-corrected chi connectivity index (χ4v) is 3.46. The van der Waals surface area contributed by atoms with E-state index in [2.05, 4.69) is 11.9 Å². The number of carbonyl (C=O) groups excluding carboxylic acids is 3. The summed E-state index contributed by atoms with van der Waals surface area (Å²) in [6.07, 6.45) is 1.11. The van der Waals surface area contributed by atoms with Crippen LogP contribution in [0.4, 0.5) is 5.69 Å². The Morgan fingerprint density at radius 2 is 2.00 bits per heavy atom. The lowest BCUT2D eigenvalue weighted by Crippen LogP contribution is -2.64. The second kappa shape index (κ2) is 7.19. The van der Waals surface area contributed by atoms with Gasteiger partial charge in [0.1, 0.15) is 12.3 Å². The van der Waals surface area contributed by atoms with Gasteiger partial charge in [-0.1, -0.05) is 6.58 Å². The number of rotatable bonds is 4. The number of nitrogens with one attached hydrogen (secondary N) is 1. The zero-order chi connectivity index (χ0) is 19.6. The van der Waals surface area contributed by atoms with Crippen LogP contribution in [0.2, 0.25) is 0 Å². The van der Waals surface area contributed by atoms with Gasteiger partial charge < -0.3 is 20.2 Å². The first-order valence-corrected chi connectivity index (χ1v) is 8.44. The molecule has 0 bridgehead atoms. The monoisotopic (exact) mass is 359 g/mol. The number of benzene rings is 1. The van der Waals surface area contributed by atoms with Crippen LogP contribution < -0.4 is 5.32 Å². The topological polar surface area (TPSA) is 90.0 Å². The smallest absolute Gasteiger partial charge is 0.258 e. The number of phenols is 1. The Morgan fingerprint density at radius 3 is 2.54 bits per heavy atom. The number of phenolic OH excluding ortho intramolecular Hbond substituents is 1. The molecule has 0 unspecified atom stereocenters. The second-order valence-electron chi connectivity index (χ2n) is 7.26. The Kier molecular flexibility index (Phi) is 5.39. The zero-order valence-electron chi connectivity index (χ0n) is 15.6. The zero-order valence-corrected chi connectivity index (χ0v) is 15.6. The van der Waals surface area contributed by atoms with E-state index in [9.17, 15) is 19.5 Å². The molecule has 7 heteroatoms. The van der Waals surface area contributed by atoms with Gasteiger partial charge in [-0.05, 0) is 52.0 Å². The molecule has 0 spiro atoms. The van der Waals surface area contributed by atoms with Gasteiger partial charge >= 0.3 is 0 Å². The van der Waals surface area contributed by atoms with Gasteiger partial charge in [0, 0.05) is 18.3 Å². The quantitative estimate of drug-likeness (QED) is 0.635. The van der Waals surface area contributed by atoms with Gasteiger partial charge in [-0.2, -0.15) is 0 Å². The molecule has 0 aliphatic carbocycles. The van der Waals surface area contributed by atoms with Crippen molar-refractivity contribution in [2.75, 3.05) is 18.4 Å². The third kappa shape index (κ3) is 3.87. The fraction of sp³-hybridized carbons (Fsp3) is 0.421. The summed E-state index contributed by atoms with van der Waals surface area (Å²) in [6, 6.07) is 4.24. The van der Waals surface area contributed by atoms with Gasteiger partial charge in [0.25, 0.3) is 5.91 Å². The van der Waals surface area contributed by atoms with Crippen LogP contribution in [0.1, 0.15) is 38.1 Å². The molecule has 0 saturated carbocycles. The molecular weight excluding hydrogens is 334 g/mol. The molecule has 0 atom stereocenters. The van der Waals surface area contributed by atoms with E-state index >= 15 is 0 Å². The third-order valence-corrected chi connectivity index (χ3v) is 4.31. The Bertz CT molecular complexity index is 755. The molecule has 7 nitrogen and oxygen atoms in total. The molecule has 140 valence electrons. The van der Waals surface area contributed by atoms with Crippen LogP contribution in [0.3, 0.4) is 0 Å². The lowest BCUT2D eigenvalue weighted by Gasteiger charge is -2.48. The number of carbonyl (C=O) groups is 3. The molecule has 1 heterocycles. The molecule has 1 aromatic rings. The van der Waals surface area contributed by atoms with Gasteiger partial charge in [-0.3, -0.25) is 14.4 Å². The van der Waals surface area contributed by atoms with Crippen LogP contribution in [0.5, 0.6) is 5.75 Å². The Morgan fingerprint density at radius 1 is 1.35 bits per heavy atom. The maximum Gasteiger partial charge on any atom is 0.258 e. The van der Waals surface area contributed by atoms with E-state index in [1.165, 1.54) is 23.1 Å². The number of aromatic hydroxyl groups is 1. The number of nitrogens with zero attached hydrogens (tertiary/aromatic N) is 2. The Balaban J connectivity index is 2.29. The van der Waals surface area contributed by atoms with Crippen LogP contribution in [0, 0.1) is 0 Å². The van der Waals surface area contributed by atoms with Crippen molar-refractivity contribution < 1.29 is 19.5 Å². The van der Waals surface area contributed by atoms with Gasteiger partial charge in [0.2, 0.25) is 11.8 Å². The standard InChI is InChI=1S/C19H25N3O4/c1-6-16(24)20-13-7-8-15(23)14(9-13)18(26)21-10-17(25)22(12(2)3)19(4,5)11-21/h6-9,12,23H,1,10-11H2,2-5H3,(H,20,24). The molecule has 1 aliphatic heterocycles. The highest BCUT2D eigenvalue weighted by atomic mass is 16.3. The molecule has 2 N–H and O–H groups in total. The molecular formula is C19H25N3O4. The van der Waals surface area contributed by atoms with Crippen molar-refractivity contribution >= 4 is 23.4 Å². The first-order valence-electron chi connectivity index (χ1n) is 8.44. The highest BCUT2D eigenvalue weighted by Crippen LogP contribution is 2.28. The molecule has 26 heavy (non-hydrogen) atoms. The maximum absolute atomic E-state index is 12.9. The molecule has 1 aromatic carbocycles. The van der Waals surface area contributed by atoms with Crippen molar-refractivity contribution in [2.45, 2.75) is 39.3 Å². The predicted molar refractivity (Wildman–Crippen MR) is 98.9 cm³/mol. The van der Waals surface area contributed by atoms with Crippen molar-refractivity contribution in [1.82, 2.24) is 9.80 Å². The van der Waals surface area contributed by atoms with Crippen LogP contribution in [-0.2, 0) is 9.59 Å². The summed E-state index contributed by atoms with van der Waals surface area (Å²) in [6.45, 7) is 11.4. The van der Waals surface area contributed by atoms with E-state index in [1.54, 1.807) is 4.90 Å². The normalized spacial score (nSPS) is 16.6. The second-order valence-corrected chi connectivity index (χ2v) is 7.26. The Hall–Kier alpha value is -2.83. The minimum atomic E-state index is -0.524. The molecule has 1 fully saturated rings. The number of hydrogen-bond donors (Lipinski definition) is 2. The summed E-state index contributed by atoms with van der Waals surface area (Å²) in [7, 11) is 0. The summed E-state index contributed by atoms with van der Waals surface area (Å²) in [4.78, 5) is 40.1. The van der Waals surface area contributed by atoms with E-state index < -0.39 is 17.4 Å². The van der Waals surface area contributed by atoms with Crippen molar-refractivity contribution in [3.63, 3.8) is 0 Å². The molecule has 1 aliphatic rings. The lowest BCUT2D eigenvalue weighted by atomic mass is 9.95. The Labute approximate surface area is 153 Å². The average molecular weight is 359 g/mol. The number of piperazine rings is 1. The lowest BCUT2D eigenvalue weighted by molar-refractivity contribution is -0.146. The van der Waals surface area contributed by atoms with E-state index in [4.69, 9.17) is 0 Å². The van der Waals surface area contributed by atoms with Crippen molar-refractivity contribution in [3.05, 3.63) is 36.4 Å². The fourth-order valence-electron chi connectivity index (χ4n) is 3.46. The summed E-state index contributed by atoms with van der Waals surface area (Å²) in [5.74, 6) is -1.22. The minimum Gasteiger partial charge on any atom is -0.507 e. The molecule has 0 radical (unpaired) electrons. The van der Waals surface area contributed by atoms with Gasteiger partial charge in [-0.15, -0.1) is 0 Å².